The number of piperazine rings is 1. The van der Waals surface area contributed by atoms with E-state index in [0.29, 0.717) is 50.5 Å². The number of anilines is 2. The molecule has 2 atom stereocenters. The summed E-state index contributed by atoms with van der Waals surface area (Å²) < 4.78 is 11.5. The lowest BCUT2D eigenvalue weighted by Crippen LogP contribution is -2.52. The maximum atomic E-state index is 13.7. The van der Waals surface area contributed by atoms with E-state index in [1.807, 2.05) is 42.2 Å². The third-order valence-electron chi connectivity index (χ3n) is 8.60. The van der Waals surface area contributed by atoms with E-state index >= 15 is 0 Å². The van der Waals surface area contributed by atoms with Crippen LogP contribution in [0.3, 0.4) is 0 Å². The number of rotatable bonds is 7. The fourth-order valence-electron chi connectivity index (χ4n) is 6.56. The fraction of sp³-hybridized carbons (Fsp3) is 0.516. The van der Waals surface area contributed by atoms with Crippen molar-refractivity contribution in [2.45, 2.75) is 38.7 Å². The monoisotopic (exact) mass is 546 g/mol. The molecule has 9 nitrogen and oxygen atoms in total. The Labute approximate surface area is 235 Å². The first kappa shape index (κ1) is 26.6. The zero-order chi connectivity index (χ0) is 27.6. The van der Waals surface area contributed by atoms with Crippen LogP contribution in [0, 0.1) is 5.92 Å². The summed E-state index contributed by atoms with van der Waals surface area (Å²) in [5, 5.41) is 0. The summed E-state index contributed by atoms with van der Waals surface area (Å²) in [5.74, 6) is 0.429. The fourth-order valence-corrected chi connectivity index (χ4v) is 6.56. The van der Waals surface area contributed by atoms with Crippen LogP contribution in [0.25, 0.3) is 0 Å². The lowest BCUT2D eigenvalue weighted by Gasteiger charge is -2.40. The Morgan fingerprint density at radius 3 is 2.48 bits per heavy atom. The number of nitrogens with zero attached hydrogens (tertiary/aromatic N) is 4. The molecule has 4 aliphatic rings. The third-order valence-corrected chi connectivity index (χ3v) is 8.60. The van der Waals surface area contributed by atoms with Crippen LogP contribution in [0.15, 0.2) is 42.5 Å². The maximum Gasteiger partial charge on any atom is 0.263 e. The molecule has 0 radical (unpaired) electrons. The topological polar surface area (TPSA) is 82.6 Å². The van der Waals surface area contributed by atoms with Gasteiger partial charge in [0.1, 0.15) is 5.75 Å². The minimum absolute atomic E-state index is 0.0873. The van der Waals surface area contributed by atoms with E-state index in [9.17, 15) is 14.4 Å². The molecule has 212 valence electrons. The van der Waals surface area contributed by atoms with Crippen LogP contribution in [0.4, 0.5) is 11.4 Å². The molecule has 2 unspecified atom stereocenters. The first-order chi connectivity index (χ1) is 19.5. The lowest BCUT2D eigenvalue weighted by atomic mass is 9.94. The summed E-state index contributed by atoms with van der Waals surface area (Å²) in [6.07, 6.45) is 3.43. The smallest absolute Gasteiger partial charge is 0.263 e. The molecule has 3 fully saturated rings. The number of ether oxygens (including phenoxy) is 2. The Kier molecular flexibility index (Phi) is 7.65. The third kappa shape index (κ3) is 5.03. The summed E-state index contributed by atoms with van der Waals surface area (Å²) in [4.78, 5) is 48.0. The zero-order valence-electron chi connectivity index (χ0n) is 23.2. The van der Waals surface area contributed by atoms with Crippen LogP contribution in [-0.4, -0.2) is 92.7 Å². The van der Waals surface area contributed by atoms with Gasteiger partial charge in [0.25, 0.3) is 11.8 Å². The number of amides is 3. The number of para-hydroxylation sites is 2. The molecule has 3 amide bonds. The highest BCUT2D eigenvalue weighted by Crippen LogP contribution is 2.35. The van der Waals surface area contributed by atoms with Gasteiger partial charge in [0.15, 0.2) is 0 Å². The molecule has 0 saturated carbocycles. The van der Waals surface area contributed by atoms with Gasteiger partial charge >= 0.3 is 0 Å². The van der Waals surface area contributed by atoms with E-state index in [1.54, 1.807) is 6.07 Å². The van der Waals surface area contributed by atoms with E-state index in [2.05, 4.69) is 15.9 Å². The van der Waals surface area contributed by atoms with Crippen molar-refractivity contribution >= 4 is 29.1 Å². The second kappa shape index (κ2) is 11.5. The van der Waals surface area contributed by atoms with Crippen molar-refractivity contribution in [3.05, 3.63) is 53.6 Å². The number of carbonyl (C=O) groups is 3. The van der Waals surface area contributed by atoms with E-state index in [1.165, 1.54) is 4.90 Å². The van der Waals surface area contributed by atoms with E-state index < -0.39 is 0 Å². The molecule has 3 saturated heterocycles. The molecule has 0 aliphatic carbocycles. The summed E-state index contributed by atoms with van der Waals surface area (Å²) in [5.41, 5.74) is 2.77. The normalized spacial score (nSPS) is 23.1. The highest BCUT2D eigenvalue weighted by molar-refractivity contribution is 6.23. The number of imide groups is 1. The molecule has 2 aromatic rings. The number of hydrogen-bond donors (Lipinski definition) is 0. The SMILES string of the molecule is CCOc1ccccc1N1CCN(C(=O)C2CCCN(c3cccc4c3C(=O)N(CC3CCCO3)C4=O)C2)CC1. The molecule has 2 aromatic carbocycles. The van der Waals surface area contributed by atoms with Crippen molar-refractivity contribution in [1.82, 2.24) is 9.80 Å². The number of carbonyl (C=O) groups excluding carboxylic acids is 3. The molecule has 0 spiro atoms. The predicted molar refractivity (Wildman–Crippen MR) is 152 cm³/mol. The molecule has 9 heteroatoms. The van der Waals surface area contributed by atoms with E-state index in [-0.39, 0.29) is 29.7 Å². The summed E-state index contributed by atoms with van der Waals surface area (Å²) >= 11 is 0. The highest BCUT2D eigenvalue weighted by atomic mass is 16.5. The predicted octanol–water partition coefficient (Wildman–Crippen LogP) is 3.43. The quantitative estimate of drug-likeness (QED) is 0.492. The molecule has 40 heavy (non-hydrogen) atoms. The second-order valence-corrected chi connectivity index (χ2v) is 11.1. The Balaban J connectivity index is 1.12. The Morgan fingerprint density at radius 2 is 1.70 bits per heavy atom. The van der Waals surface area contributed by atoms with Gasteiger partial charge in [-0.25, -0.2) is 0 Å². The number of hydrogen-bond acceptors (Lipinski definition) is 7. The number of piperidine rings is 1. The van der Waals surface area contributed by atoms with E-state index in [0.717, 1.165) is 62.4 Å². The molecule has 4 heterocycles. The van der Waals surface area contributed by atoms with Gasteiger partial charge in [-0.1, -0.05) is 18.2 Å². The number of fused-ring (bicyclic) bond motifs is 1. The number of benzene rings is 2. The van der Waals surface area contributed by atoms with Crippen molar-refractivity contribution in [1.29, 1.82) is 0 Å². The summed E-state index contributed by atoms with van der Waals surface area (Å²) in [6.45, 7) is 7.75. The summed E-state index contributed by atoms with van der Waals surface area (Å²) in [6, 6.07) is 13.6. The summed E-state index contributed by atoms with van der Waals surface area (Å²) in [7, 11) is 0. The molecule has 0 N–H and O–H groups in total. The van der Waals surface area contributed by atoms with Crippen LogP contribution in [0.1, 0.15) is 53.3 Å². The minimum atomic E-state index is -0.247. The van der Waals surface area contributed by atoms with Crippen LogP contribution in [0.2, 0.25) is 0 Å². The Morgan fingerprint density at radius 1 is 0.900 bits per heavy atom. The molecule has 4 aliphatic heterocycles. The van der Waals surface area contributed by atoms with Gasteiger partial charge in [0.2, 0.25) is 5.91 Å². The first-order valence-electron chi connectivity index (χ1n) is 14.7. The second-order valence-electron chi connectivity index (χ2n) is 11.1. The average Bonchev–Trinajstić information content (AvgIpc) is 3.60. The van der Waals surface area contributed by atoms with Crippen LogP contribution < -0.4 is 14.5 Å². The Bertz CT molecular complexity index is 1270. The minimum Gasteiger partial charge on any atom is -0.492 e. The van der Waals surface area contributed by atoms with Crippen LogP contribution >= 0.6 is 0 Å². The molecule has 0 bridgehead atoms. The molecule has 6 rings (SSSR count). The molecule has 0 aromatic heterocycles. The van der Waals surface area contributed by atoms with Gasteiger partial charge in [0.05, 0.1) is 47.7 Å². The largest absolute Gasteiger partial charge is 0.492 e. The van der Waals surface area contributed by atoms with Gasteiger partial charge in [-0.05, 0) is 56.9 Å². The van der Waals surface area contributed by atoms with Crippen molar-refractivity contribution in [2.75, 3.05) is 68.8 Å². The van der Waals surface area contributed by atoms with Gasteiger partial charge in [-0.15, -0.1) is 0 Å². The first-order valence-corrected chi connectivity index (χ1v) is 14.7. The van der Waals surface area contributed by atoms with Gasteiger partial charge in [-0.2, -0.15) is 0 Å². The molecular formula is C31H38N4O5. The highest BCUT2D eigenvalue weighted by Gasteiger charge is 2.41. The van der Waals surface area contributed by atoms with Crippen LogP contribution in [0.5, 0.6) is 5.75 Å². The van der Waals surface area contributed by atoms with E-state index in [4.69, 9.17) is 9.47 Å². The zero-order valence-corrected chi connectivity index (χ0v) is 23.2. The molecular weight excluding hydrogens is 508 g/mol. The Hall–Kier alpha value is -3.59. The van der Waals surface area contributed by atoms with Crippen LogP contribution in [-0.2, 0) is 9.53 Å². The van der Waals surface area contributed by atoms with Crippen molar-refractivity contribution in [3.63, 3.8) is 0 Å². The van der Waals surface area contributed by atoms with Crippen molar-refractivity contribution in [2.24, 2.45) is 5.92 Å². The standard InChI is InChI=1S/C31H38N4O5/c1-2-39-27-13-4-3-11-25(27)32-15-17-33(18-16-32)29(36)22-8-6-14-34(20-22)26-12-5-10-24-28(26)31(38)35(30(24)37)21-23-9-7-19-40-23/h3-5,10-13,22-23H,2,6-9,14-21H2,1H3. The average molecular weight is 547 g/mol. The lowest BCUT2D eigenvalue weighted by molar-refractivity contribution is -0.136. The van der Waals surface area contributed by atoms with Gasteiger partial charge < -0.3 is 24.2 Å². The van der Waals surface area contributed by atoms with Gasteiger partial charge in [0, 0.05) is 45.9 Å². The van der Waals surface area contributed by atoms with Crippen molar-refractivity contribution in [3.8, 4) is 5.75 Å². The maximum absolute atomic E-state index is 13.7. The van der Waals surface area contributed by atoms with Crippen molar-refractivity contribution < 1.29 is 23.9 Å². The van der Waals surface area contributed by atoms with Gasteiger partial charge in [-0.3, -0.25) is 19.3 Å².